The number of ether oxygens (including phenoxy) is 2. The van der Waals surface area contributed by atoms with Crippen molar-refractivity contribution < 1.29 is 14.6 Å². The number of aliphatic hydroxyl groups is 1. The summed E-state index contributed by atoms with van der Waals surface area (Å²) in [5.41, 5.74) is 5.25. The smallest absolute Gasteiger partial charge is 0.147 e. The van der Waals surface area contributed by atoms with Crippen molar-refractivity contribution in [1.29, 1.82) is 0 Å². The molecule has 0 spiro atoms. The molecule has 0 aromatic heterocycles. The zero-order chi connectivity index (χ0) is 6.69. The lowest BCUT2D eigenvalue weighted by molar-refractivity contribution is -0.189. The highest BCUT2D eigenvalue weighted by Gasteiger charge is 2.22. The SMILES string of the molecule is NC[C@@H]1OCOC[C@@H]1O. The van der Waals surface area contributed by atoms with Gasteiger partial charge in [0.25, 0.3) is 0 Å². The lowest BCUT2D eigenvalue weighted by Gasteiger charge is -2.26. The van der Waals surface area contributed by atoms with E-state index in [1.54, 1.807) is 0 Å². The number of hydrogen-bond acceptors (Lipinski definition) is 4. The van der Waals surface area contributed by atoms with E-state index < -0.39 is 6.10 Å². The molecule has 4 nitrogen and oxygen atoms in total. The summed E-state index contributed by atoms with van der Waals surface area (Å²) in [4.78, 5) is 0. The van der Waals surface area contributed by atoms with Gasteiger partial charge in [0, 0.05) is 6.54 Å². The summed E-state index contributed by atoms with van der Waals surface area (Å²) >= 11 is 0. The van der Waals surface area contributed by atoms with Crippen LogP contribution in [0.2, 0.25) is 0 Å². The van der Waals surface area contributed by atoms with Crippen LogP contribution in [0, 0.1) is 0 Å². The van der Waals surface area contributed by atoms with E-state index in [0.717, 1.165) is 0 Å². The Morgan fingerprint density at radius 1 is 1.67 bits per heavy atom. The van der Waals surface area contributed by atoms with E-state index in [1.807, 2.05) is 0 Å². The second-order valence-corrected chi connectivity index (χ2v) is 2.00. The van der Waals surface area contributed by atoms with Crippen LogP contribution in [0.4, 0.5) is 0 Å². The summed E-state index contributed by atoms with van der Waals surface area (Å²) in [6.07, 6.45) is -0.789. The van der Waals surface area contributed by atoms with Crippen LogP contribution < -0.4 is 5.73 Å². The summed E-state index contributed by atoms with van der Waals surface area (Å²) in [6.45, 7) is 0.936. The first-order valence-electron chi connectivity index (χ1n) is 2.92. The molecule has 3 N–H and O–H groups in total. The van der Waals surface area contributed by atoms with Gasteiger partial charge in [-0.25, -0.2) is 0 Å². The summed E-state index contributed by atoms with van der Waals surface area (Å²) in [5.74, 6) is 0. The first-order valence-corrected chi connectivity index (χ1v) is 2.92. The quantitative estimate of drug-likeness (QED) is 0.465. The highest BCUT2D eigenvalue weighted by Crippen LogP contribution is 2.04. The lowest BCUT2D eigenvalue weighted by atomic mass is 10.2. The van der Waals surface area contributed by atoms with Crippen molar-refractivity contribution in [2.45, 2.75) is 12.2 Å². The Morgan fingerprint density at radius 3 is 2.89 bits per heavy atom. The van der Waals surface area contributed by atoms with Gasteiger partial charge in [0.15, 0.2) is 0 Å². The molecule has 0 bridgehead atoms. The maximum atomic E-state index is 9.04. The van der Waals surface area contributed by atoms with E-state index in [9.17, 15) is 0 Å². The molecule has 0 aliphatic carbocycles. The molecule has 0 aromatic carbocycles. The van der Waals surface area contributed by atoms with Crippen molar-refractivity contribution in [1.82, 2.24) is 0 Å². The fourth-order valence-electron chi connectivity index (χ4n) is 0.748. The first-order chi connectivity index (χ1) is 4.34. The van der Waals surface area contributed by atoms with E-state index >= 15 is 0 Å². The predicted octanol–water partition coefficient (Wildman–Crippen LogP) is -1.32. The molecule has 1 fully saturated rings. The van der Waals surface area contributed by atoms with Crippen molar-refractivity contribution in [3.8, 4) is 0 Å². The zero-order valence-corrected chi connectivity index (χ0v) is 5.12. The van der Waals surface area contributed by atoms with Crippen LogP contribution in [0.5, 0.6) is 0 Å². The Labute approximate surface area is 53.6 Å². The topological polar surface area (TPSA) is 64.7 Å². The second-order valence-electron chi connectivity index (χ2n) is 2.00. The number of nitrogens with two attached hydrogens (primary N) is 1. The maximum Gasteiger partial charge on any atom is 0.147 e. The highest BCUT2D eigenvalue weighted by molar-refractivity contribution is 4.70. The minimum absolute atomic E-state index is 0.237. The van der Waals surface area contributed by atoms with Crippen LogP contribution in [0.1, 0.15) is 0 Å². The zero-order valence-electron chi connectivity index (χ0n) is 5.12. The molecular formula is C5H11NO3. The van der Waals surface area contributed by atoms with Gasteiger partial charge in [-0.05, 0) is 0 Å². The average Bonchev–Trinajstić information content (AvgIpc) is 1.89. The van der Waals surface area contributed by atoms with E-state index in [2.05, 4.69) is 0 Å². The van der Waals surface area contributed by atoms with Crippen LogP contribution in [-0.2, 0) is 9.47 Å². The Morgan fingerprint density at radius 2 is 2.44 bits per heavy atom. The summed E-state index contributed by atoms with van der Waals surface area (Å²) in [7, 11) is 0. The number of hydrogen-bond donors (Lipinski definition) is 2. The maximum absolute atomic E-state index is 9.04. The molecule has 54 valence electrons. The number of aliphatic hydroxyl groups excluding tert-OH is 1. The van der Waals surface area contributed by atoms with Gasteiger partial charge in [0.05, 0.1) is 6.61 Å². The molecule has 1 aliphatic heterocycles. The third-order valence-corrected chi connectivity index (χ3v) is 1.32. The van der Waals surface area contributed by atoms with E-state index in [-0.39, 0.29) is 12.9 Å². The highest BCUT2D eigenvalue weighted by atomic mass is 16.7. The lowest BCUT2D eigenvalue weighted by Crippen LogP contribution is -2.43. The fraction of sp³-hybridized carbons (Fsp3) is 1.00. The minimum atomic E-state index is -0.552. The summed E-state index contributed by atoms with van der Waals surface area (Å²) in [5, 5.41) is 9.04. The van der Waals surface area contributed by atoms with Gasteiger partial charge in [-0.1, -0.05) is 0 Å². The Hall–Kier alpha value is -0.160. The monoisotopic (exact) mass is 133 g/mol. The molecule has 9 heavy (non-hydrogen) atoms. The van der Waals surface area contributed by atoms with Crippen molar-refractivity contribution in [3.05, 3.63) is 0 Å². The standard InChI is InChI=1S/C5H11NO3/c6-1-5-4(7)2-8-3-9-5/h4-5,7H,1-3,6H2/t4-,5-/m0/s1. The molecule has 0 unspecified atom stereocenters. The van der Waals surface area contributed by atoms with E-state index in [4.69, 9.17) is 20.3 Å². The first kappa shape index (κ1) is 6.95. The van der Waals surface area contributed by atoms with Crippen LogP contribution in [0.15, 0.2) is 0 Å². The van der Waals surface area contributed by atoms with E-state index in [1.165, 1.54) is 0 Å². The van der Waals surface area contributed by atoms with Gasteiger partial charge >= 0.3 is 0 Å². The van der Waals surface area contributed by atoms with Gasteiger partial charge in [-0.2, -0.15) is 0 Å². The minimum Gasteiger partial charge on any atom is -0.388 e. The van der Waals surface area contributed by atoms with Crippen molar-refractivity contribution in [3.63, 3.8) is 0 Å². The van der Waals surface area contributed by atoms with Crippen molar-refractivity contribution in [2.24, 2.45) is 5.73 Å². The van der Waals surface area contributed by atoms with E-state index in [0.29, 0.717) is 13.2 Å². The molecule has 0 saturated carbocycles. The van der Waals surface area contributed by atoms with Crippen LogP contribution in [0.3, 0.4) is 0 Å². The molecule has 1 aliphatic rings. The molecule has 4 heteroatoms. The molecule has 1 saturated heterocycles. The molecule has 0 aromatic rings. The summed E-state index contributed by atoms with van der Waals surface area (Å²) < 4.78 is 9.73. The third-order valence-electron chi connectivity index (χ3n) is 1.32. The molecule has 0 amide bonds. The number of rotatable bonds is 1. The molecule has 2 atom stereocenters. The summed E-state index contributed by atoms with van der Waals surface area (Å²) in [6, 6.07) is 0. The van der Waals surface area contributed by atoms with Gasteiger partial charge < -0.3 is 20.3 Å². The van der Waals surface area contributed by atoms with Crippen LogP contribution in [0.25, 0.3) is 0 Å². The average molecular weight is 133 g/mol. The molecule has 1 heterocycles. The second kappa shape index (κ2) is 3.12. The molecular weight excluding hydrogens is 122 g/mol. The van der Waals surface area contributed by atoms with Gasteiger partial charge in [0.1, 0.15) is 19.0 Å². The van der Waals surface area contributed by atoms with Crippen LogP contribution in [-0.4, -0.2) is 37.3 Å². The normalized spacial score (nSPS) is 36.7. The Kier molecular flexibility index (Phi) is 2.41. The predicted molar refractivity (Wildman–Crippen MR) is 30.8 cm³/mol. The largest absolute Gasteiger partial charge is 0.388 e. The molecule has 1 rings (SSSR count). The van der Waals surface area contributed by atoms with Gasteiger partial charge in [-0.15, -0.1) is 0 Å². The van der Waals surface area contributed by atoms with Crippen molar-refractivity contribution >= 4 is 0 Å². The van der Waals surface area contributed by atoms with Gasteiger partial charge in [0.2, 0.25) is 0 Å². The Bertz CT molecular complexity index is 88.3. The fourth-order valence-corrected chi connectivity index (χ4v) is 0.748. The van der Waals surface area contributed by atoms with Gasteiger partial charge in [-0.3, -0.25) is 0 Å². The Balaban J connectivity index is 2.30. The third kappa shape index (κ3) is 1.62. The van der Waals surface area contributed by atoms with Crippen molar-refractivity contribution in [2.75, 3.05) is 19.9 Å². The van der Waals surface area contributed by atoms with Crippen LogP contribution >= 0.6 is 0 Å². The molecule has 0 radical (unpaired) electrons.